The topological polar surface area (TPSA) is 74.1 Å². The van der Waals surface area contributed by atoms with E-state index in [-0.39, 0.29) is 16.6 Å². The summed E-state index contributed by atoms with van der Waals surface area (Å²) in [5, 5.41) is 8.61. The molecular formula is C11H13N3O2S. The number of nitriles is 1. The minimum Gasteiger partial charge on any atom is -0.244 e. The van der Waals surface area contributed by atoms with Crippen molar-refractivity contribution in [3.63, 3.8) is 0 Å². The zero-order valence-corrected chi connectivity index (χ0v) is 10.3. The van der Waals surface area contributed by atoms with Gasteiger partial charge in [0, 0.05) is 18.8 Å². The Morgan fingerprint density at radius 3 is 2.76 bits per heavy atom. The zero-order valence-electron chi connectivity index (χ0n) is 9.50. The molecule has 1 aromatic rings. The molecule has 0 N–H and O–H groups in total. The highest BCUT2D eigenvalue weighted by atomic mass is 32.2. The predicted octanol–water partition coefficient (Wildman–Crippen LogP) is 1.13. The number of aromatic nitrogens is 1. The van der Waals surface area contributed by atoms with E-state index in [2.05, 4.69) is 4.98 Å². The first-order valence-electron chi connectivity index (χ1n) is 5.43. The van der Waals surface area contributed by atoms with Crippen molar-refractivity contribution in [3.8, 4) is 6.07 Å². The number of pyridine rings is 1. The van der Waals surface area contributed by atoms with E-state index in [1.54, 1.807) is 0 Å². The molecule has 0 bridgehead atoms. The van der Waals surface area contributed by atoms with Gasteiger partial charge < -0.3 is 0 Å². The molecule has 17 heavy (non-hydrogen) atoms. The molecule has 2 heterocycles. The van der Waals surface area contributed by atoms with Crippen LogP contribution in [0.5, 0.6) is 0 Å². The van der Waals surface area contributed by atoms with E-state index in [0.29, 0.717) is 6.54 Å². The van der Waals surface area contributed by atoms with Crippen LogP contribution >= 0.6 is 0 Å². The molecule has 1 unspecified atom stereocenters. The van der Waals surface area contributed by atoms with Gasteiger partial charge in [-0.05, 0) is 31.9 Å². The molecule has 0 radical (unpaired) electrons. The number of hydrogen-bond donors (Lipinski definition) is 0. The van der Waals surface area contributed by atoms with Crippen LogP contribution in [0.4, 0.5) is 0 Å². The molecular weight excluding hydrogens is 238 g/mol. The fourth-order valence-corrected chi connectivity index (χ4v) is 3.64. The van der Waals surface area contributed by atoms with Crippen molar-refractivity contribution in [3.05, 3.63) is 24.0 Å². The molecule has 0 amide bonds. The molecule has 1 atom stereocenters. The molecule has 0 spiro atoms. The van der Waals surface area contributed by atoms with E-state index in [0.717, 1.165) is 12.8 Å². The zero-order chi connectivity index (χ0) is 12.5. The Kier molecular flexibility index (Phi) is 3.13. The molecule has 1 aliphatic heterocycles. The van der Waals surface area contributed by atoms with Gasteiger partial charge in [0.2, 0.25) is 10.0 Å². The van der Waals surface area contributed by atoms with E-state index in [4.69, 9.17) is 5.26 Å². The third kappa shape index (κ3) is 2.16. The summed E-state index contributed by atoms with van der Waals surface area (Å²) in [5.41, 5.74) is 0.221. The molecule has 1 fully saturated rings. The number of nitrogens with zero attached hydrogens (tertiary/aromatic N) is 3. The normalized spacial score (nSPS) is 21.3. The van der Waals surface area contributed by atoms with Gasteiger partial charge in [0.1, 0.15) is 16.7 Å². The average molecular weight is 251 g/mol. The van der Waals surface area contributed by atoms with Crippen LogP contribution in [0.2, 0.25) is 0 Å². The van der Waals surface area contributed by atoms with Crippen LogP contribution in [0, 0.1) is 11.3 Å². The summed E-state index contributed by atoms with van der Waals surface area (Å²) >= 11 is 0. The van der Waals surface area contributed by atoms with Gasteiger partial charge in [-0.25, -0.2) is 13.4 Å². The van der Waals surface area contributed by atoms with Gasteiger partial charge in [-0.1, -0.05) is 0 Å². The van der Waals surface area contributed by atoms with Crippen LogP contribution in [-0.4, -0.2) is 30.3 Å². The highest BCUT2D eigenvalue weighted by molar-refractivity contribution is 7.89. The molecule has 0 aromatic carbocycles. The van der Waals surface area contributed by atoms with E-state index in [1.807, 2.05) is 13.0 Å². The molecule has 90 valence electrons. The standard InChI is InChI=1S/C11H13N3O2S/c1-9-3-2-6-14(9)17(15,16)11-5-4-10(7-12)13-8-11/h4-5,8-9H,2-3,6H2,1H3. The molecule has 0 aliphatic carbocycles. The van der Waals surface area contributed by atoms with Crippen molar-refractivity contribution in [1.82, 2.24) is 9.29 Å². The Morgan fingerprint density at radius 2 is 2.29 bits per heavy atom. The lowest BCUT2D eigenvalue weighted by atomic mass is 10.3. The summed E-state index contributed by atoms with van der Waals surface area (Å²) in [7, 11) is -3.45. The van der Waals surface area contributed by atoms with Crippen LogP contribution in [-0.2, 0) is 10.0 Å². The lowest BCUT2D eigenvalue weighted by molar-refractivity contribution is 0.408. The van der Waals surface area contributed by atoms with Crippen molar-refractivity contribution in [1.29, 1.82) is 5.26 Å². The fourth-order valence-electron chi connectivity index (χ4n) is 2.00. The summed E-state index contributed by atoms with van der Waals surface area (Å²) in [6.45, 7) is 2.46. The fraction of sp³-hybridized carbons (Fsp3) is 0.455. The van der Waals surface area contributed by atoms with Crippen molar-refractivity contribution < 1.29 is 8.42 Å². The van der Waals surface area contributed by atoms with Crippen LogP contribution in [0.3, 0.4) is 0 Å². The van der Waals surface area contributed by atoms with Gasteiger partial charge in [0.25, 0.3) is 0 Å². The SMILES string of the molecule is CC1CCCN1S(=O)(=O)c1ccc(C#N)nc1. The molecule has 6 heteroatoms. The van der Waals surface area contributed by atoms with Gasteiger partial charge in [-0.15, -0.1) is 0 Å². The Bertz CT molecular complexity index is 545. The average Bonchev–Trinajstić information content (AvgIpc) is 2.76. The molecule has 2 rings (SSSR count). The van der Waals surface area contributed by atoms with Gasteiger partial charge >= 0.3 is 0 Å². The van der Waals surface area contributed by atoms with E-state index >= 15 is 0 Å². The quantitative estimate of drug-likeness (QED) is 0.789. The summed E-state index contributed by atoms with van der Waals surface area (Å²) in [4.78, 5) is 3.95. The maximum absolute atomic E-state index is 12.2. The molecule has 5 nitrogen and oxygen atoms in total. The van der Waals surface area contributed by atoms with E-state index in [9.17, 15) is 8.42 Å². The van der Waals surface area contributed by atoms with Crippen LogP contribution < -0.4 is 0 Å². The monoisotopic (exact) mass is 251 g/mol. The van der Waals surface area contributed by atoms with E-state index < -0.39 is 10.0 Å². The Balaban J connectivity index is 2.35. The maximum Gasteiger partial charge on any atom is 0.244 e. The van der Waals surface area contributed by atoms with E-state index in [1.165, 1.54) is 22.6 Å². The van der Waals surface area contributed by atoms with Crippen molar-refractivity contribution >= 4 is 10.0 Å². The van der Waals surface area contributed by atoms with Gasteiger partial charge in [-0.2, -0.15) is 9.57 Å². The highest BCUT2D eigenvalue weighted by Gasteiger charge is 2.32. The van der Waals surface area contributed by atoms with Crippen molar-refractivity contribution in [2.45, 2.75) is 30.7 Å². The minimum atomic E-state index is -3.45. The van der Waals surface area contributed by atoms with Crippen LogP contribution in [0.25, 0.3) is 0 Å². The second-order valence-corrected chi connectivity index (χ2v) is 5.99. The first kappa shape index (κ1) is 12.0. The molecule has 1 aliphatic rings. The number of sulfonamides is 1. The molecule has 0 saturated carbocycles. The van der Waals surface area contributed by atoms with Gasteiger partial charge in [-0.3, -0.25) is 0 Å². The lowest BCUT2D eigenvalue weighted by Crippen LogP contribution is -2.33. The molecule has 1 aromatic heterocycles. The van der Waals surface area contributed by atoms with Crippen molar-refractivity contribution in [2.75, 3.05) is 6.54 Å². The predicted molar refractivity (Wildman–Crippen MR) is 61.5 cm³/mol. The number of hydrogen-bond acceptors (Lipinski definition) is 4. The molecule has 1 saturated heterocycles. The van der Waals surface area contributed by atoms with Gasteiger partial charge in [0.05, 0.1) is 0 Å². The minimum absolute atomic E-state index is 0.0376. The highest BCUT2D eigenvalue weighted by Crippen LogP contribution is 2.25. The first-order chi connectivity index (χ1) is 8.05. The maximum atomic E-state index is 12.2. The Morgan fingerprint density at radius 1 is 1.53 bits per heavy atom. The number of rotatable bonds is 2. The van der Waals surface area contributed by atoms with Crippen LogP contribution in [0.15, 0.2) is 23.2 Å². The summed E-state index contributed by atoms with van der Waals surface area (Å²) < 4.78 is 26.0. The second-order valence-electron chi connectivity index (χ2n) is 4.10. The lowest BCUT2D eigenvalue weighted by Gasteiger charge is -2.20. The summed E-state index contributed by atoms with van der Waals surface area (Å²) in [5.74, 6) is 0. The Labute approximate surface area is 101 Å². The summed E-state index contributed by atoms with van der Waals surface area (Å²) in [6.07, 6.45) is 3.03. The Hall–Kier alpha value is -1.45. The summed E-state index contributed by atoms with van der Waals surface area (Å²) in [6, 6.07) is 4.76. The van der Waals surface area contributed by atoms with Gasteiger partial charge in [0.15, 0.2) is 0 Å². The van der Waals surface area contributed by atoms with Crippen molar-refractivity contribution in [2.24, 2.45) is 0 Å². The second kappa shape index (κ2) is 4.43. The smallest absolute Gasteiger partial charge is 0.244 e. The first-order valence-corrected chi connectivity index (χ1v) is 6.87. The third-order valence-corrected chi connectivity index (χ3v) is 4.95. The third-order valence-electron chi connectivity index (χ3n) is 2.95. The largest absolute Gasteiger partial charge is 0.244 e. The van der Waals surface area contributed by atoms with Crippen LogP contribution in [0.1, 0.15) is 25.5 Å².